The van der Waals surface area contributed by atoms with E-state index in [-0.39, 0.29) is 48.5 Å². The van der Waals surface area contributed by atoms with Gasteiger partial charge in [-0.15, -0.1) is 24.8 Å². The summed E-state index contributed by atoms with van der Waals surface area (Å²) in [5, 5.41) is 3.09. The summed E-state index contributed by atoms with van der Waals surface area (Å²) in [6, 6.07) is 6.18. The van der Waals surface area contributed by atoms with Crippen LogP contribution in [0.2, 0.25) is 0 Å². The first kappa shape index (κ1) is 23.6. The average Bonchev–Trinajstić information content (AvgIpc) is 3.06. The second kappa shape index (κ2) is 9.92. The van der Waals surface area contributed by atoms with Crippen molar-refractivity contribution in [1.82, 2.24) is 14.9 Å². The molecular formula is C21H29Cl2FN4O. The molecule has 2 fully saturated rings. The quantitative estimate of drug-likeness (QED) is 0.756. The van der Waals surface area contributed by atoms with Gasteiger partial charge in [-0.05, 0) is 43.6 Å². The number of hydrogen-bond donors (Lipinski definition) is 2. The lowest BCUT2D eigenvalue weighted by atomic mass is 9.65. The highest BCUT2D eigenvalue weighted by atomic mass is 35.5. The summed E-state index contributed by atoms with van der Waals surface area (Å²) in [6.07, 6.45) is 8.55. The lowest BCUT2D eigenvalue weighted by molar-refractivity contribution is -0.128. The van der Waals surface area contributed by atoms with Crippen LogP contribution < -0.4 is 11.1 Å². The second-order valence-electron chi connectivity index (χ2n) is 8.06. The molecule has 1 aromatic carbocycles. The van der Waals surface area contributed by atoms with Gasteiger partial charge in [0.15, 0.2) is 0 Å². The fourth-order valence-corrected chi connectivity index (χ4v) is 4.91. The van der Waals surface area contributed by atoms with E-state index in [0.717, 1.165) is 25.7 Å². The topological polar surface area (TPSA) is 72.9 Å². The maximum Gasteiger partial charge on any atom is 0.223 e. The number of carbonyl (C=O) groups excluding carboxylic acids is 1. The van der Waals surface area contributed by atoms with Crippen LogP contribution in [0.4, 0.5) is 4.39 Å². The molecule has 3 unspecified atom stereocenters. The number of halogens is 3. The van der Waals surface area contributed by atoms with Crippen LogP contribution in [0.3, 0.4) is 0 Å². The number of hydrogen-bond acceptors (Lipinski definition) is 3. The lowest BCUT2D eigenvalue weighted by Gasteiger charge is -2.43. The maximum absolute atomic E-state index is 14.5. The van der Waals surface area contributed by atoms with Crippen LogP contribution in [0.1, 0.15) is 49.5 Å². The first-order valence-corrected chi connectivity index (χ1v) is 9.82. The molecule has 4 rings (SSSR count). The van der Waals surface area contributed by atoms with Gasteiger partial charge in [0.25, 0.3) is 0 Å². The summed E-state index contributed by atoms with van der Waals surface area (Å²) in [6.45, 7) is 0. The summed E-state index contributed by atoms with van der Waals surface area (Å²) in [7, 11) is 1.85. The van der Waals surface area contributed by atoms with Crippen molar-refractivity contribution in [2.75, 3.05) is 0 Å². The molecule has 2 aromatic rings. The number of carbonyl (C=O) groups is 1. The van der Waals surface area contributed by atoms with Gasteiger partial charge in [-0.3, -0.25) is 4.79 Å². The number of nitrogens with two attached hydrogens (primary N) is 1. The third kappa shape index (κ3) is 4.76. The van der Waals surface area contributed by atoms with Gasteiger partial charge in [-0.1, -0.05) is 24.6 Å². The van der Waals surface area contributed by atoms with Crippen LogP contribution in [0, 0.1) is 23.6 Å². The van der Waals surface area contributed by atoms with E-state index in [9.17, 15) is 9.18 Å². The summed E-state index contributed by atoms with van der Waals surface area (Å²) >= 11 is 0. The Morgan fingerprint density at radius 1 is 1.24 bits per heavy atom. The molecular weight excluding hydrogens is 414 g/mol. The molecule has 1 amide bonds. The molecule has 5 nitrogen and oxygen atoms in total. The van der Waals surface area contributed by atoms with E-state index < -0.39 is 6.04 Å². The number of aromatic nitrogens is 2. The molecule has 2 bridgehead atoms. The monoisotopic (exact) mass is 442 g/mol. The van der Waals surface area contributed by atoms with Gasteiger partial charge in [-0.25, -0.2) is 9.37 Å². The molecule has 2 saturated carbocycles. The second-order valence-corrected chi connectivity index (χ2v) is 8.06. The smallest absolute Gasteiger partial charge is 0.223 e. The summed E-state index contributed by atoms with van der Waals surface area (Å²) in [4.78, 5) is 17.5. The minimum absolute atomic E-state index is 0. The number of amides is 1. The van der Waals surface area contributed by atoms with Crippen molar-refractivity contribution in [2.24, 2.45) is 30.5 Å². The highest BCUT2D eigenvalue weighted by Gasteiger charge is 2.41. The minimum atomic E-state index is -0.603. The molecule has 1 heterocycles. The minimum Gasteiger partial charge on any atom is -0.342 e. The summed E-state index contributed by atoms with van der Waals surface area (Å²) in [5.41, 5.74) is 6.80. The van der Waals surface area contributed by atoms with Crippen LogP contribution in [-0.4, -0.2) is 21.5 Å². The molecule has 2 aliphatic rings. The molecule has 0 aliphatic heterocycles. The number of nitrogens with zero attached hydrogens (tertiary/aromatic N) is 2. The number of rotatable bonds is 4. The molecule has 0 radical (unpaired) electrons. The van der Waals surface area contributed by atoms with Crippen molar-refractivity contribution < 1.29 is 9.18 Å². The van der Waals surface area contributed by atoms with E-state index in [2.05, 4.69) is 10.3 Å². The lowest BCUT2D eigenvalue weighted by Crippen LogP contribution is -2.49. The summed E-state index contributed by atoms with van der Waals surface area (Å²) in [5.74, 6) is 1.06. The van der Waals surface area contributed by atoms with Crippen LogP contribution in [-0.2, 0) is 11.8 Å². The van der Waals surface area contributed by atoms with E-state index in [1.54, 1.807) is 30.6 Å². The Hall–Kier alpha value is -1.63. The summed E-state index contributed by atoms with van der Waals surface area (Å²) < 4.78 is 16.3. The van der Waals surface area contributed by atoms with Crippen LogP contribution >= 0.6 is 24.8 Å². The first-order chi connectivity index (χ1) is 13.0. The Bertz CT molecular complexity index is 817. The van der Waals surface area contributed by atoms with Crippen LogP contribution in [0.25, 0.3) is 0 Å². The average molecular weight is 443 g/mol. The predicted octanol–water partition coefficient (Wildman–Crippen LogP) is 3.76. The van der Waals surface area contributed by atoms with Gasteiger partial charge < -0.3 is 15.6 Å². The highest BCUT2D eigenvalue weighted by molar-refractivity contribution is 5.85. The van der Waals surface area contributed by atoms with Gasteiger partial charge in [0.1, 0.15) is 17.7 Å². The van der Waals surface area contributed by atoms with Crippen molar-refractivity contribution in [3.05, 3.63) is 53.9 Å². The molecule has 160 valence electrons. The molecule has 3 N–H and O–H groups in total. The highest BCUT2D eigenvalue weighted by Crippen LogP contribution is 2.42. The standard InChI is InChI=1S/C21H27FN4O.2ClH/c1-26-10-9-24-20(26)19(16-7-2-3-8-17(16)22)25-21(27)15-11-13-5-4-6-14(12-15)18(13)23;;/h2-3,7-10,13-15,18-19H,4-6,11-12,23H2,1H3,(H,25,27);2*1H. The molecule has 29 heavy (non-hydrogen) atoms. The van der Waals surface area contributed by atoms with Crippen molar-refractivity contribution in [2.45, 2.75) is 44.2 Å². The van der Waals surface area contributed by atoms with E-state index in [4.69, 9.17) is 5.73 Å². The van der Waals surface area contributed by atoms with Gasteiger partial charge in [-0.2, -0.15) is 0 Å². The number of imidazole rings is 1. The Morgan fingerprint density at radius 3 is 2.48 bits per heavy atom. The molecule has 3 atom stereocenters. The Labute approximate surface area is 183 Å². The van der Waals surface area contributed by atoms with Crippen molar-refractivity contribution in [3.63, 3.8) is 0 Å². The van der Waals surface area contributed by atoms with E-state index in [1.165, 1.54) is 12.5 Å². The van der Waals surface area contributed by atoms with Gasteiger partial charge in [0, 0.05) is 37.0 Å². The van der Waals surface area contributed by atoms with Crippen molar-refractivity contribution in [1.29, 1.82) is 0 Å². The largest absolute Gasteiger partial charge is 0.342 e. The van der Waals surface area contributed by atoms with Crippen LogP contribution in [0.15, 0.2) is 36.7 Å². The Morgan fingerprint density at radius 2 is 1.90 bits per heavy atom. The number of benzene rings is 1. The molecule has 1 aromatic heterocycles. The van der Waals surface area contributed by atoms with E-state index in [0.29, 0.717) is 23.2 Å². The fourth-order valence-electron chi connectivity index (χ4n) is 4.91. The number of aryl methyl sites for hydroxylation is 1. The van der Waals surface area contributed by atoms with Crippen molar-refractivity contribution >= 4 is 30.7 Å². The molecule has 0 saturated heterocycles. The molecule has 2 aliphatic carbocycles. The zero-order chi connectivity index (χ0) is 19.0. The van der Waals surface area contributed by atoms with Gasteiger partial charge >= 0.3 is 0 Å². The van der Waals surface area contributed by atoms with Gasteiger partial charge in [0.2, 0.25) is 5.91 Å². The zero-order valence-electron chi connectivity index (χ0n) is 16.5. The SMILES string of the molecule is Cl.Cl.Cn1ccnc1C(NC(=O)C1CC2CCCC(C1)C2N)c1ccccc1F. The number of fused-ring (bicyclic) bond motifs is 2. The Kier molecular flexibility index (Phi) is 8.09. The maximum atomic E-state index is 14.5. The van der Waals surface area contributed by atoms with Crippen LogP contribution in [0.5, 0.6) is 0 Å². The normalized spacial score (nSPS) is 26.6. The third-order valence-corrected chi connectivity index (χ3v) is 6.40. The zero-order valence-corrected chi connectivity index (χ0v) is 18.1. The van der Waals surface area contributed by atoms with E-state index >= 15 is 0 Å². The van der Waals surface area contributed by atoms with E-state index in [1.807, 2.05) is 11.6 Å². The fraction of sp³-hybridized carbons (Fsp3) is 0.524. The van der Waals surface area contributed by atoms with Crippen molar-refractivity contribution in [3.8, 4) is 0 Å². The third-order valence-electron chi connectivity index (χ3n) is 6.40. The molecule has 0 spiro atoms. The predicted molar refractivity (Wildman–Crippen MR) is 116 cm³/mol. The molecule has 8 heteroatoms. The Balaban J connectivity index is 0.00000150. The first-order valence-electron chi connectivity index (χ1n) is 9.82. The van der Waals surface area contributed by atoms with Gasteiger partial charge in [0.05, 0.1) is 0 Å². The number of nitrogens with one attached hydrogen (secondary N) is 1.